The summed E-state index contributed by atoms with van der Waals surface area (Å²) >= 11 is 0. The van der Waals surface area contributed by atoms with Crippen LogP contribution in [0.4, 0.5) is 0 Å². The van der Waals surface area contributed by atoms with Crippen LogP contribution in [0.3, 0.4) is 0 Å². The van der Waals surface area contributed by atoms with Crippen molar-refractivity contribution in [2.75, 3.05) is 13.2 Å². The van der Waals surface area contributed by atoms with E-state index in [1.54, 1.807) is 0 Å². The number of aliphatic hydroxyl groups is 2. The van der Waals surface area contributed by atoms with Crippen LogP contribution in [0.15, 0.2) is 0 Å². The lowest BCUT2D eigenvalue weighted by atomic mass is 10.0. The molecule has 0 spiro atoms. The molecule has 0 saturated carbocycles. The third kappa shape index (κ3) is 28.5. The number of aliphatic hydroxyl groups excluding tert-OH is 2. The predicted octanol–water partition coefficient (Wildman–Crippen LogP) is 4.64. The molecule has 0 aliphatic carbocycles. The van der Waals surface area contributed by atoms with E-state index in [9.17, 15) is 4.79 Å². The highest BCUT2D eigenvalue weighted by atomic mass is 16.3. The fraction of sp³-hybridized carbons (Fsp3) is 0.944. The molecular weight excluding hydrogens is 264 g/mol. The van der Waals surface area contributed by atoms with E-state index in [0.29, 0.717) is 0 Å². The Morgan fingerprint density at radius 3 is 1.24 bits per heavy atom. The highest BCUT2D eigenvalue weighted by molar-refractivity contribution is 5.48. The topological polar surface area (TPSA) is 57.5 Å². The van der Waals surface area contributed by atoms with Gasteiger partial charge in [0.25, 0.3) is 0 Å². The lowest BCUT2D eigenvalue weighted by molar-refractivity contribution is -0.107. The van der Waals surface area contributed by atoms with Crippen LogP contribution in [-0.2, 0) is 4.79 Å². The fourth-order valence-corrected chi connectivity index (χ4v) is 2.25. The predicted molar refractivity (Wildman–Crippen MR) is 90.5 cm³/mol. The summed E-state index contributed by atoms with van der Waals surface area (Å²) in [5.41, 5.74) is 0. The molecule has 0 saturated heterocycles. The number of aldehydes is 1. The molecule has 3 heteroatoms. The molecule has 0 bridgehead atoms. The second-order valence-corrected chi connectivity index (χ2v) is 5.65. The first kappa shape index (κ1) is 22.9. The Morgan fingerprint density at radius 2 is 0.952 bits per heavy atom. The number of unbranched alkanes of at least 4 members (excludes halogenated alkanes) is 13. The molecule has 0 unspecified atom stereocenters. The smallest absolute Gasteiger partial charge is 0.119 e. The van der Waals surface area contributed by atoms with Crippen molar-refractivity contribution in [3.05, 3.63) is 0 Å². The van der Waals surface area contributed by atoms with Gasteiger partial charge >= 0.3 is 0 Å². The maximum absolute atomic E-state index is 10.1. The molecule has 0 aromatic carbocycles. The maximum Gasteiger partial charge on any atom is 0.119 e. The molecule has 0 atom stereocenters. The van der Waals surface area contributed by atoms with Crippen molar-refractivity contribution in [3.8, 4) is 0 Å². The van der Waals surface area contributed by atoms with E-state index >= 15 is 0 Å². The quantitative estimate of drug-likeness (QED) is 0.342. The molecule has 0 aliphatic rings. The Labute approximate surface area is 132 Å². The van der Waals surface area contributed by atoms with E-state index in [4.69, 9.17) is 10.2 Å². The first-order valence-electron chi connectivity index (χ1n) is 8.98. The van der Waals surface area contributed by atoms with Gasteiger partial charge in [-0.3, -0.25) is 0 Å². The van der Waals surface area contributed by atoms with Gasteiger partial charge in [-0.2, -0.15) is 0 Å². The van der Waals surface area contributed by atoms with Gasteiger partial charge in [-0.05, 0) is 6.42 Å². The number of carbonyl (C=O) groups is 1. The highest BCUT2D eigenvalue weighted by Gasteiger charge is 1.93. The Balaban J connectivity index is 0. The minimum Gasteiger partial charge on any atom is -0.394 e. The summed E-state index contributed by atoms with van der Waals surface area (Å²) in [5, 5.41) is 15.2. The van der Waals surface area contributed by atoms with Crippen molar-refractivity contribution < 1.29 is 15.0 Å². The van der Waals surface area contributed by atoms with Crippen LogP contribution in [0, 0.1) is 0 Å². The molecule has 2 N–H and O–H groups in total. The average Bonchev–Trinajstić information content (AvgIpc) is 2.52. The summed E-state index contributed by atoms with van der Waals surface area (Å²) in [6.07, 6.45) is 19.6. The highest BCUT2D eigenvalue weighted by Crippen LogP contribution is 2.12. The average molecular weight is 302 g/mol. The number of hydrogen-bond acceptors (Lipinski definition) is 3. The van der Waals surface area contributed by atoms with Gasteiger partial charge in [-0.25, -0.2) is 0 Å². The molecule has 0 aromatic rings. The fourth-order valence-electron chi connectivity index (χ4n) is 2.25. The van der Waals surface area contributed by atoms with Crippen molar-refractivity contribution in [1.82, 2.24) is 0 Å². The van der Waals surface area contributed by atoms with Gasteiger partial charge in [0, 0.05) is 6.42 Å². The van der Waals surface area contributed by atoms with E-state index in [0.717, 1.165) is 19.1 Å². The molecule has 0 radical (unpaired) electrons. The third-order valence-electron chi connectivity index (χ3n) is 3.53. The normalized spacial score (nSPS) is 10.0. The summed E-state index contributed by atoms with van der Waals surface area (Å²) in [6, 6.07) is 0. The number of rotatable bonds is 15. The summed E-state index contributed by atoms with van der Waals surface area (Å²) in [6.45, 7) is 2.02. The zero-order valence-electron chi connectivity index (χ0n) is 14.2. The van der Waals surface area contributed by atoms with Gasteiger partial charge < -0.3 is 15.0 Å². The van der Waals surface area contributed by atoms with Gasteiger partial charge in [-0.1, -0.05) is 84.0 Å². The van der Waals surface area contributed by atoms with E-state index in [2.05, 4.69) is 6.92 Å². The first-order valence-corrected chi connectivity index (χ1v) is 8.98. The minimum absolute atomic E-state index is 0.125. The van der Waals surface area contributed by atoms with Crippen molar-refractivity contribution in [3.63, 3.8) is 0 Å². The number of carbonyl (C=O) groups excluding carboxylic acids is 1. The zero-order chi connectivity index (χ0) is 16.0. The van der Waals surface area contributed by atoms with Crippen LogP contribution < -0.4 is 0 Å². The Bertz CT molecular complexity index is 170. The molecule has 0 rings (SSSR count). The molecule has 0 aromatic heterocycles. The van der Waals surface area contributed by atoms with Crippen LogP contribution in [0.5, 0.6) is 0 Å². The molecule has 0 fully saturated rings. The monoisotopic (exact) mass is 302 g/mol. The SMILES string of the molecule is CCCCCCCCCCCCCCCC=O.OCCO. The van der Waals surface area contributed by atoms with Gasteiger partial charge in [0.05, 0.1) is 13.2 Å². The van der Waals surface area contributed by atoms with E-state index < -0.39 is 0 Å². The van der Waals surface area contributed by atoms with E-state index in [-0.39, 0.29) is 13.2 Å². The molecule has 0 aliphatic heterocycles. The van der Waals surface area contributed by atoms with Crippen molar-refractivity contribution in [2.45, 2.75) is 96.8 Å². The summed E-state index contributed by atoms with van der Waals surface area (Å²) in [7, 11) is 0. The standard InChI is InChI=1S/C16H32O.C2H6O2/c1-2-3-4-5-6-7-8-9-10-11-12-13-14-15-16-17;3-1-2-4/h16H,2-15H2,1H3;3-4H,1-2H2. The van der Waals surface area contributed by atoms with Crippen LogP contribution in [-0.4, -0.2) is 29.7 Å². The summed E-state index contributed by atoms with van der Waals surface area (Å²) in [5.74, 6) is 0. The van der Waals surface area contributed by atoms with Crippen molar-refractivity contribution >= 4 is 6.29 Å². The van der Waals surface area contributed by atoms with Gasteiger partial charge in [-0.15, -0.1) is 0 Å². The largest absolute Gasteiger partial charge is 0.394 e. The minimum atomic E-state index is -0.125. The molecule has 0 amide bonds. The van der Waals surface area contributed by atoms with Crippen LogP contribution in [0.2, 0.25) is 0 Å². The molecule has 0 heterocycles. The number of hydrogen-bond donors (Lipinski definition) is 2. The lowest BCUT2D eigenvalue weighted by Gasteiger charge is -2.02. The Hall–Kier alpha value is -0.410. The Kier molecular flexibility index (Phi) is 26.8. The van der Waals surface area contributed by atoms with Gasteiger partial charge in [0.15, 0.2) is 0 Å². The second-order valence-electron chi connectivity index (χ2n) is 5.65. The van der Waals surface area contributed by atoms with Crippen molar-refractivity contribution in [1.29, 1.82) is 0 Å². The molecule has 21 heavy (non-hydrogen) atoms. The Morgan fingerprint density at radius 1 is 0.619 bits per heavy atom. The van der Waals surface area contributed by atoms with Crippen LogP contribution in [0.1, 0.15) is 96.8 Å². The van der Waals surface area contributed by atoms with Crippen LogP contribution >= 0.6 is 0 Å². The van der Waals surface area contributed by atoms with Gasteiger partial charge in [0.2, 0.25) is 0 Å². The molecule has 128 valence electrons. The van der Waals surface area contributed by atoms with E-state index in [1.165, 1.54) is 77.0 Å². The molecular formula is C18H38O3. The van der Waals surface area contributed by atoms with Crippen LogP contribution in [0.25, 0.3) is 0 Å². The first-order chi connectivity index (χ1) is 10.3. The maximum atomic E-state index is 10.1. The summed E-state index contributed by atoms with van der Waals surface area (Å²) in [4.78, 5) is 10.1. The zero-order valence-corrected chi connectivity index (χ0v) is 14.2. The second kappa shape index (κ2) is 24.6. The lowest BCUT2D eigenvalue weighted by Crippen LogP contribution is -1.85. The third-order valence-corrected chi connectivity index (χ3v) is 3.53. The van der Waals surface area contributed by atoms with Gasteiger partial charge in [0.1, 0.15) is 6.29 Å². The van der Waals surface area contributed by atoms with Crippen molar-refractivity contribution in [2.24, 2.45) is 0 Å². The summed E-state index contributed by atoms with van der Waals surface area (Å²) < 4.78 is 0. The van der Waals surface area contributed by atoms with E-state index in [1.807, 2.05) is 0 Å². The molecule has 3 nitrogen and oxygen atoms in total.